The van der Waals surface area contributed by atoms with E-state index in [9.17, 15) is 18.4 Å². The molecule has 0 saturated heterocycles. The molecule has 2 aromatic carbocycles. The maximum Gasteiger partial charge on any atom is 0.319 e. The number of methoxy groups -OCH3 is 1. The zero-order valence-electron chi connectivity index (χ0n) is 15.7. The molecule has 2 aliphatic heterocycles. The predicted octanol–water partition coefficient (Wildman–Crippen LogP) is 2.67. The summed E-state index contributed by atoms with van der Waals surface area (Å²) >= 11 is 0. The molecular weight excluding hydrogens is 380 g/mol. The second-order valence-corrected chi connectivity index (χ2v) is 6.92. The average Bonchev–Trinajstić information content (AvgIpc) is 3.03. The number of hydrogen-bond donors (Lipinski definition) is 2. The van der Waals surface area contributed by atoms with Crippen LogP contribution in [0.4, 0.5) is 13.6 Å². The highest BCUT2D eigenvalue weighted by atomic mass is 19.2. The van der Waals surface area contributed by atoms with E-state index in [2.05, 4.69) is 10.6 Å². The third kappa shape index (κ3) is 3.65. The molecule has 4 rings (SSSR count). The minimum Gasteiger partial charge on any atom is -0.497 e. The van der Waals surface area contributed by atoms with Crippen LogP contribution >= 0.6 is 0 Å². The van der Waals surface area contributed by atoms with Gasteiger partial charge < -0.3 is 20.3 Å². The summed E-state index contributed by atoms with van der Waals surface area (Å²) in [5, 5.41) is 5.29. The van der Waals surface area contributed by atoms with Gasteiger partial charge in [-0.1, -0.05) is 18.2 Å². The smallest absolute Gasteiger partial charge is 0.319 e. The number of nitrogens with zero attached hydrogens (tertiary/aromatic N) is 1. The minimum atomic E-state index is -1.03. The molecule has 6 nitrogen and oxygen atoms in total. The number of urea groups is 1. The standard InChI is InChI=1S/C21H19F2N3O3/c1-29-14-5-2-12(3-6-14)8-9-26-11-17-18(20(26)27)19(25-21(28)24-17)13-4-7-15(22)16(23)10-13/h2-7,10,19H,8-9,11H2,1H3,(H2,24,25,28). The number of halogens is 2. The molecule has 0 bridgehead atoms. The molecule has 1 unspecified atom stereocenters. The molecule has 2 aliphatic rings. The zero-order valence-corrected chi connectivity index (χ0v) is 15.7. The Kier molecular flexibility index (Phi) is 4.92. The van der Waals surface area contributed by atoms with Crippen molar-refractivity contribution in [3.63, 3.8) is 0 Å². The summed E-state index contributed by atoms with van der Waals surface area (Å²) in [6.07, 6.45) is 0.632. The number of hydrogen-bond acceptors (Lipinski definition) is 3. The van der Waals surface area contributed by atoms with Gasteiger partial charge in [0, 0.05) is 6.54 Å². The van der Waals surface area contributed by atoms with Crippen molar-refractivity contribution in [3.8, 4) is 5.75 Å². The van der Waals surface area contributed by atoms with Crippen LogP contribution in [0.25, 0.3) is 0 Å². The summed E-state index contributed by atoms with van der Waals surface area (Å²) in [5.74, 6) is -1.50. The molecule has 8 heteroatoms. The molecule has 0 radical (unpaired) electrons. The van der Waals surface area contributed by atoms with Crippen LogP contribution in [0.1, 0.15) is 17.2 Å². The highest BCUT2D eigenvalue weighted by Gasteiger charge is 2.40. The van der Waals surface area contributed by atoms with E-state index in [1.54, 1.807) is 12.0 Å². The second-order valence-electron chi connectivity index (χ2n) is 6.92. The van der Waals surface area contributed by atoms with Gasteiger partial charge in [-0.25, -0.2) is 13.6 Å². The lowest BCUT2D eigenvalue weighted by Gasteiger charge is -2.25. The first-order chi connectivity index (χ1) is 14.0. The molecule has 0 fully saturated rings. The monoisotopic (exact) mass is 399 g/mol. The summed E-state index contributed by atoms with van der Waals surface area (Å²) in [5.41, 5.74) is 2.20. The Hall–Kier alpha value is -3.42. The van der Waals surface area contributed by atoms with E-state index in [1.807, 2.05) is 24.3 Å². The van der Waals surface area contributed by atoms with Crippen LogP contribution in [0.15, 0.2) is 53.7 Å². The van der Waals surface area contributed by atoms with E-state index in [4.69, 9.17) is 4.74 Å². The Labute approximate surface area is 166 Å². The molecular formula is C21H19F2N3O3. The summed E-state index contributed by atoms with van der Waals surface area (Å²) in [4.78, 5) is 26.7. The maximum atomic E-state index is 13.7. The van der Waals surface area contributed by atoms with Gasteiger partial charge >= 0.3 is 6.03 Å². The van der Waals surface area contributed by atoms with Crippen molar-refractivity contribution in [3.05, 3.63) is 76.5 Å². The van der Waals surface area contributed by atoms with Crippen molar-refractivity contribution >= 4 is 11.9 Å². The lowest BCUT2D eigenvalue weighted by Crippen LogP contribution is -2.44. The fraction of sp³-hybridized carbons (Fsp3) is 0.238. The fourth-order valence-electron chi connectivity index (χ4n) is 3.61. The van der Waals surface area contributed by atoms with Crippen LogP contribution in [0.2, 0.25) is 0 Å². The Balaban J connectivity index is 1.52. The van der Waals surface area contributed by atoms with Crippen LogP contribution < -0.4 is 15.4 Å². The molecule has 2 aromatic rings. The van der Waals surface area contributed by atoms with E-state index in [0.29, 0.717) is 29.8 Å². The van der Waals surface area contributed by atoms with Crippen LogP contribution in [-0.4, -0.2) is 37.0 Å². The lowest BCUT2D eigenvalue weighted by atomic mass is 9.96. The van der Waals surface area contributed by atoms with Crippen molar-refractivity contribution in [2.24, 2.45) is 0 Å². The molecule has 0 aromatic heterocycles. The topological polar surface area (TPSA) is 70.7 Å². The van der Waals surface area contributed by atoms with Crippen LogP contribution in [0.5, 0.6) is 5.75 Å². The fourth-order valence-corrected chi connectivity index (χ4v) is 3.61. The minimum absolute atomic E-state index is 0.240. The van der Waals surface area contributed by atoms with Crippen molar-refractivity contribution in [1.29, 1.82) is 0 Å². The summed E-state index contributed by atoms with van der Waals surface area (Å²) in [6.45, 7) is 0.719. The largest absolute Gasteiger partial charge is 0.497 e. The molecule has 29 heavy (non-hydrogen) atoms. The van der Waals surface area contributed by atoms with Crippen molar-refractivity contribution in [2.75, 3.05) is 20.2 Å². The summed E-state index contributed by atoms with van der Waals surface area (Å²) < 4.78 is 32.1. The second kappa shape index (κ2) is 7.54. The van der Waals surface area contributed by atoms with Gasteiger partial charge in [0.1, 0.15) is 5.75 Å². The summed E-state index contributed by atoms with van der Waals surface area (Å²) in [6, 6.07) is 9.62. The zero-order chi connectivity index (χ0) is 20.5. The number of carbonyl (C=O) groups excluding carboxylic acids is 2. The van der Waals surface area contributed by atoms with Gasteiger partial charge in [-0.2, -0.15) is 0 Å². The number of amides is 3. The normalized spacial score (nSPS) is 18.4. The van der Waals surface area contributed by atoms with Crippen LogP contribution in [0.3, 0.4) is 0 Å². The Morgan fingerprint density at radius 3 is 2.55 bits per heavy atom. The molecule has 2 heterocycles. The molecule has 0 aliphatic carbocycles. The first kappa shape index (κ1) is 18.9. The van der Waals surface area contributed by atoms with Crippen LogP contribution in [-0.2, 0) is 11.2 Å². The molecule has 3 amide bonds. The van der Waals surface area contributed by atoms with Gasteiger partial charge in [0.2, 0.25) is 0 Å². The number of benzene rings is 2. The first-order valence-corrected chi connectivity index (χ1v) is 9.14. The Bertz CT molecular complexity index is 1000. The van der Waals surface area contributed by atoms with Crippen molar-refractivity contribution < 1.29 is 23.1 Å². The van der Waals surface area contributed by atoms with E-state index >= 15 is 0 Å². The maximum absolute atomic E-state index is 13.7. The van der Waals surface area contributed by atoms with E-state index in [-0.39, 0.29) is 12.5 Å². The number of nitrogens with one attached hydrogen (secondary N) is 2. The SMILES string of the molecule is COc1ccc(CCN2CC3=C(C2=O)C(c2ccc(F)c(F)c2)NC(=O)N3)cc1. The van der Waals surface area contributed by atoms with E-state index in [0.717, 1.165) is 23.4 Å². The highest BCUT2D eigenvalue weighted by Crippen LogP contribution is 2.33. The predicted molar refractivity (Wildman–Crippen MR) is 101 cm³/mol. The third-order valence-electron chi connectivity index (χ3n) is 5.13. The lowest BCUT2D eigenvalue weighted by molar-refractivity contribution is -0.125. The summed E-state index contributed by atoms with van der Waals surface area (Å²) in [7, 11) is 1.60. The molecule has 150 valence electrons. The van der Waals surface area contributed by atoms with E-state index in [1.165, 1.54) is 6.07 Å². The quantitative estimate of drug-likeness (QED) is 0.812. The molecule has 0 saturated carbocycles. The first-order valence-electron chi connectivity index (χ1n) is 9.14. The third-order valence-corrected chi connectivity index (χ3v) is 5.13. The van der Waals surface area contributed by atoms with Gasteiger partial charge in [-0.15, -0.1) is 0 Å². The number of carbonyl (C=O) groups is 2. The molecule has 2 N–H and O–H groups in total. The Morgan fingerprint density at radius 2 is 1.86 bits per heavy atom. The Morgan fingerprint density at radius 1 is 1.10 bits per heavy atom. The van der Waals surface area contributed by atoms with Gasteiger partial charge in [0.25, 0.3) is 5.91 Å². The van der Waals surface area contributed by atoms with Gasteiger partial charge in [-0.05, 0) is 41.8 Å². The van der Waals surface area contributed by atoms with Crippen molar-refractivity contribution in [2.45, 2.75) is 12.5 Å². The van der Waals surface area contributed by atoms with E-state index < -0.39 is 23.7 Å². The number of ether oxygens (including phenoxy) is 1. The van der Waals surface area contributed by atoms with Gasteiger partial charge in [0.15, 0.2) is 11.6 Å². The molecule has 0 spiro atoms. The van der Waals surface area contributed by atoms with Crippen LogP contribution in [0, 0.1) is 11.6 Å². The highest BCUT2D eigenvalue weighted by molar-refractivity contribution is 6.01. The number of rotatable bonds is 5. The average molecular weight is 399 g/mol. The van der Waals surface area contributed by atoms with Crippen molar-refractivity contribution in [1.82, 2.24) is 15.5 Å². The molecule has 1 atom stereocenters. The van der Waals surface area contributed by atoms with Gasteiger partial charge in [-0.3, -0.25) is 4.79 Å². The van der Waals surface area contributed by atoms with Gasteiger partial charge in [0.05, 0.1) is 31.0 Å².